The molecule has 0 radical (unpaired) electrons. The van der Waals surface area contributed by atoms with Gasteiger partial charge in [0, 0.05) is 13.1 Å². The van der Waals surface area contributed by atoms with Gasteiger partial charge in [0.2, 0.25) is 0 Å². The quantitative estimate of drug-likeness (QED) is 0.765. The lowest BCUT2D eigenvalue weighted by atomic mass is 10.2. The van der Waals surface area contributed by atoms with Crippen LogP contribution in [0.5, 0.6) is 0 Å². The van der Waals surface area contributed by atoms with E-state index in [0.29, 0.717) is 5.56 Å². The van der Waals surface area contributed by atoms with E-state index in [2.05, 4.69) is 10.6 Å². The zero-order valence-corrected chi connectivity index (χ0v) is 10.1. The number of carboxylic acids is 1. The summed E-state index contributed by atoms with van der Waals surface area (Å²) < 4.78 is 12.9. The Morgan fingerprint density at radius 1 is 1.33 bits per heavy atom. The fraction of sp³-hybridized carbons (Fsp3) is 0.273. The molecule has 0 unspecified atom stereocenters. The number of nitrogens with one attached hydrogen (secondary N) is 2. The Morgan fingerprint density at radius 3 is 2.67 bits per heavy atom. The summed E-state index contributed by atoms with van der Waals surface area (Å²) in [7, 11) is 0. The third kappa shape index (κ3) is 5.01. The first-order valence-corrected chi connectivity index (χ1v) is 5.54. The number of hydrogen-bond acceptors (Lipinski definition) is 2. The first-order valence-electron chi connectivity index (χ1n) is 5.16. The van der Waals surface area contributed by atoms with E-state index in [1.54, 1.807) is 0 Å². The standard InChI is InChI=1S/C11H12ClFN2O3/c12-8-5-7(1-2-9(8)13)6-15-11(18)14-4-3-10(16)17/h1-2,5H,3-4,6H2,(H,16,17)(H2,14,15,18). The summed E-state index contributed by atoms with van der Waals surface area (Å²) >= 11 is 5.58. The Kier molecular flexibility index (Phi) is 5.38. The number of benzene rings is 1. The van der Waals surface area contributed by atoms with Gasteiger partial charge in [-0.25, -0.2) is 9.18 Å². The third-order valence-electron chi connectivity index (χ3n) is 2.06. The second-order valence-corrected chi connectivity index (χ2v) is 3.91. The van der Waals surface area contributed by atoms with Crippen LogP contribution in [0.15, 0.2) is 18.2 Å². The van der Waals surface area contributed by atoms with Crippen LogP contribution >= 0.6 is 11.6 Å². The van der Waals surface area contributed by atoms with Gasteiger partial charge >= 0.3 is 12.0 Å². The molecular formula is C11H12ClFN2O3. The lowest BCUT2D eigenvalue weighted by Crippen LogP contribution is -2.36. The van der Waals surface area contributed by atoms with Crippen LogP contribution < -0.4 is 10.6 Å². The Bertz CT molecular complexity index is 454. The molecule has 0 aliphatic carbocycles. The predicted octanol–water partition coefficient (Wildman–Crippen LogP) is 1.75. The highest BCUT2D eigenvalue weighted by Gasteiger charge is 2.04. The van der Waals surface area contributed by atoms with Gasteiger partial charge < -0.3 is 15.7 Å². The van der Waals surface area contributed by atoms with E-state index < -0.39 is 17.8 Å². The summed E-state index contributed by atoms with van der Waals surface area (Å²) in [6.45, 7) is 0.226. The van der Waals surface area contributed by atoms with Crippen LogP contribution in [0.4, 0.5) is 9.18 Å². The summed E-state index contributed by atoms with van der Waals surface area (Å²) in [6, 6.07) is 3.63. The molecule has 1 aromatic carbocycles. The van der Waals surface area contributed by atoms with Crippen molar-refractivity contribution >= 4 is 23.6 Å². The Hall–Kier alpha value is -1.82. The molecule has 0 heterocycles. The summed E-state index contributed by atoms with van der Waals surface area (Å²) in [5.41, 5.74) is 0.648. The molecule has 0 fully saturated rings. The molecule has 1 aromatic rings. The van der Waals surface area contributed by atoms with Crippen LogP contribution in [0.3, 0.4) is 0 Å². The smallest absolute Gasteiger partial charge is 0.315 e. The minimum absolute atomic E-state index is 0.0133. The van der Waals surface area contributed by atoms with Crippen molar-refractivity contribution in [2.75, 3.05) is 6.54 Å². The van der Waals surface area contributed by atoms with E-state index in [1.165, 1.54) is 18.2 Å². The van der Waals surface area contributed by atoms with Crippen molar-refractivity contribution in [3.63, 3.8) is 0 Å². The summed E-state index contributed by atoms with van der Waals surface area (Å²) in [4.78, 5) is 21.4. The zero-order valence-electron chi connectivity index (χ0n) is 9.37. The summed E-state index contributed by atoms with van der Waals surface area (Å²) in [5.74, 6) is -1.51. The molecule has 5 nitrogen and oxygen atoms in total. The number of carbonyl (C=O) groups excluding carboxylic acids is 1. The molecule has 18 heavy (non-hydrogen) atoms. The molecule has 3 N–H and O–H groups in total. The van der Waals surface area contributed by atoms with Crippen LogP contribution in [0.25, 0.3) is 0 Å². The maximum Gasteiger partial charge on any atom is 0.315 e. The van der Waals surface area contributed by atoms with Crippen molar-refractivity contribution in [1.82, 2.24) is 10.6 Å². The largest absolute Gasteiger partial charge is 0.481 e. The molecule has 0 atom stereocenters. The van der Waals surface area contributed by atoms with Crippen LogP contribution in [-0.4, -0.2) is 23.7 Å². The fourth-order valence-electron chi connectivity index (χ4n) is 1.18. The number of carboxylic acid groups (broad SMARTS) is 1. The van der Waals surface area contributed by atoms with Crippen molar-refractivity contribution in [2.45, 2.75) is 13.0 Å². The topological polar surface area (TPSA) is 78.4 Å². The number of halogens is 2. The van der Waals surface area contributed by atoms with Crippen LogP contribution in [0, 0.1) is 5.82 Å². The minimum atomic E-state index is -0.986. The van der Waals surface area contributed by atoms with E-state index in [4.69, 9.17) is 16.7 Å². The molecule has 0 saturated heterocycles. The number of aliphatic carboxylic acids is 1. The van der Waals surface area contributed by atoms with Gasteiger partial charge in [-0.15, -0.1) is 0 Å². The molecule has 1 rings (SSSR count). The summed E-state index contributed by atoms with van der Waals surface area (Å²) in [6.07, 6.45) is -0.143. The van der Waals surface area contributed by atoms with Gasteiger partial charge in [-0.3, -0.25) is 4.79 Å². The zero-order chi connectivity index (χ0) is 13.5. The number of rotatable bonds is 5. The van der Waals surface area contributed by atoms with Gasteiger partial charge in [-0.1, -0.05) is 17.7 Å². The third-order valence-corrected chi connectivity index (χ3v) is 2.35. The van der Waals surface area contributed by atoms with Crippen LogP contribution in [-0.2, 0) is 11.3 Å². The monoisotopic (exact) mass is 274 g/mol. The molecule has 0 aliphatic heterocycles. The van der Waals surface area contributed by atoms with Crippen molar-refractivity contribution in [3.8, 4) is 0 Å². The number of carbonyl (C=O) groups is 2. The maximum atomic E-state index is 12.9. The van der Waals surface area contributed by atoms with E-state index in [0.717, 1.165) is 0 Å². The second-order valence-electron chi connectivity index (χ2n) is 3.50. The number of amides is 2. The molecule has 0 bridgehead atoms. The first kappa shape index (κ1) is 14.2. The van der Waals surface area contributed by atoms with Crippen molar-refractivity contribution in [3.05, 3.63) is 34.6 Å². The highest BCUT2D eigenvalue weighted by atomic mass is 35.5. The highest BCUT2D eigenvalue weighted by molar-refractivity contribution is 6.30. The molecular weight excluding hydrogens is 263 g/mol. The lowest BCUT2D eigenvalue weighted by molar-refractivity contribution is -0.136. The Labute approximate surface area is 108 Å². The molecule has 0 aliphatic rings. The fourth-order valence-corrected chi connectivity index (χ4v) is 1.38. The van der Waals surface area contributed by atoms with E-state index in [1.807, 2.05) is 0 Å². The van der Waals surface area contributed by atoms with Gasteiger partial charge in [0.05, 0.1) is 11.4 Å². The molecule has 0 saturated carbocycles. The van der Waals surface area contributed by atoms with Gasteiger partial charge in [-0.05, 0) is 17.7 Å². The minimum Gasteiger partial charge on any atom is -0.481 e. The molecule has 0 spiro atoms. The van der Waals surface area contributed by atoms with Crippen LogP contribution in [0.1, 0.15) is 12.0 Å². The van der Waals surface area contributed by atoms with Gasteiger partial charge in [0.15, 0.2) is 0 Å². The van der Waals surface area contributed by atoms with E-state index in [9.17, 15) is 14.0 Å². The van der Waals surface area contributed by atoms with Crippen molar-refractivity contribution in [1.29, 1.82) is 0 Å². The Balaban J connectivity index is 2.33. The lowest BCUT2D eigenvalue weighted by Gasteiger charge is -2.07. The SMILES string of the molecule is O=C(O)CCNC(=O)NCc1ccc(F)c(Cl)c1. The molecule has 7 heteroatoms. The Morgan fingerprint density at radius 2 is 2.06 bits per heavy atom. The van der Waals surface area contributed by atoms with E-state index in [-0.39, 0.29) is 24.5 Å². The first-order chi connectivity index (χ1) is 8.49. The predicted molar refractivity (Wildman–Crippen MR) is 63.9 cm³/mol. The van der Waals surface area contributed by atoms with Gasteiger partial charge in [0.1, 0.15) is 5.82 Å². The number of hydrogen-bond donors (Lipinski definition) is 3. The van der Waals surface area contributed by atoms with Gasteiger partial charge in [0.25, 0.3) is 0 Å². The normalized spacial score (nSPS) is 9.89. The summed E-state index contributed by atoms with van der Waals surface area (Å²) in [5, 5.41) is 13.2. The van der Waals surface area contributed by atoms with E-state index >= 15 is 0 Å². The second kappa shape index (κ2) is 6.80. The van der Waals surface area contributed by atoms with Gasteiger partial charge in [-0.2, -0.15) is 0 Å². The highest BCUT2D eigenvalue weighted by Crippen LogP contribution is 2.15. The number of urea groups is 1. The van der Waals surface area contributed by atoms with Crippen molar-refractivity contribution < 1.29 is 19.1 Å². The average Bonchev–Trinajstić information content (AvgIpc) is 2.30. The molecule has 98 valence electrons. The average molecular weight is 275 g/mol. The van der Waals surface area contributed by atoms with Crippen molar-refractivity contribution in [2.24, 2.45) is 0 Å². The molecule has 0 aromatic heterocycles. The van der Waals surface area contributed by atoms with Crippen LogP contribution in [0.2, 0.25) is 5.02 Å². The molecule has 2 amide bonds. The maximum absolute atomic E-state index is 12.9.